The molecule has 1 aliphatic rings. The van der Waals surface area contributed by atoms with Crippen molar-refractivity contribution in [3.05, 3.63) is 46.8 Å². The fourth-order valence-electron chi connectivity index (χ4n) is 3.11. The average Bonchev–Trinajstić information content (AvgIpc) is 2.96. The molecule has 1 atom stereocenters. The van der Waals surface area contributed by atoms with Crippen molar-refractivity contribution < 1.29 is 22.4 Å². The zero-order chi connectivity index (χ0) is 19.8. The van der Waals surface area contributed by atoms with E-state index in [2.05, 4.69) is 10.2 Å². The lowest BCUT2D eigenvalue weighted by atomic mass is 10.0. The van der Waals surface area contributed by atoms with Crippen molar-refractivity contribution in [2.45, 2.75) is 45.1 Å². The van der Waals surface area contributed by atoms with Gasteiger partial charge in [-0.3, -0.25) is 4.79 Å². The van der Waals surface area contributed by atoms with E-state index in [1.54, 1.807) is 4.90 Å². The van der Waals surface area contributed by atoms with Gasteiger partial charge in [0.05, 0.1) is 12.1 Å². The maximum atomic E-state index is 13.9. The van der Waals surface area contributed by atoms with E-state index in [-0.39, 0.29) is 24.3 Å². The van der Waals surface area contributed by atoms with E-state index < -0.39 is 23.6 Å². The molecule has 10 heteroatoms. The summed E-state index contributed by atoms with van der Waals surface area (Å²) in [7, 11) is 0. The summed E-state index contributed by atoms with van der Waals surface area (Å²) >= 11 is 0. The second-order valence-corrected chi connectivity index (χ2v) is 6.60. The molecule has 2 N–H and O–H groups in total. The van der Waals surface area contributed by atoms with Crippen LogP contribution in [-0.4, -0.2) is 38.2 Å². The lowest BCUT2D eigenvalue weighted by molar-refractivity contribution is -0.137. The van der Waals surface area contributed by atoms with Crippen molar-refractivity contribution >= 4 is 5.91 Å². The molecule has 2 aromatic rings. The van der Waals surface area contributed by atoms with Crippen LogP contribution in [0.15, 0.2) is 18.2 Å². The largest absolute Gasteiger partial charge is 0.416 e. The number of aryl methyl sites for hydroxylation is 1. The molecule has 0 spiro atoms. The fraction of sp³-hybridized carbons (Fsp3) is 0.471. The third kappa shape index (κ3) is 4.26. The maximum Gasteiger partial charge on any atom is 0.416 e. The van der Waals surface area contributed by atoms with Crippen LogP contribution < -0.4 is 5.73 Å². The molecule has 3 rings (SSSR count). The molecule has 0 saturated carbocycles. The normalized spacial score (nSPS) is 15.6. The Morgan fingerprint density at radius 3 is 2.70 bits per heavy atom. The molecule has 0 aliphatic carbocycles. The first-order chi connectivity index (χ1) is 12.6. The van der Waals surface area contributed by atoms with Crippen LogP contribution in [0.25, 0.3) is 0 Å². The Morgan fingerprint density at radius 1 is 1.30 bits per heavy atom. The van der Waals surface area contributed by atoms with Crippen LogP contribution in [0.2, 0.25) is 0 Å². The van der Waals surface area contributed by atoms with E-state index in [9.17, 15) is 22.4 Å². The highest BCUT2D eigenvalue weighted by atomic mass is 19.4. The first kappa shape index (κ1) is 19.3. The number of nitrogens with zero attached hydrogens (tertiary/aromatic N) is 4. The van der Waals surface area contributed by atoms with Crippen LogP contribution in [0.5, 0.6) is 0 Å². The monoisotopic (exact) mass is 385 g/mol. The van der Waals surface area contributed by atoms with Crippen LogP contribution in [0, 0.1) is 12.7 Å². The van der Waals surface area contributed by atoms with Crippen molar-refractivity contribution in [2.24, 2.45) is 5.73 Å². The molecular formula is C17H19F4N5O. The van der Waals surface area contributed by atoms with Gasteiger partial charge in [0.1, 0.15) is 11.6 Å². The summed E-state index contributed by atoms with van der Waals surface area (Å²) < 4.78 is 53.6. The van der Waals surface area contributed by atoms with Crippen LogP contribution in [0.3, 0.4) is 0 Å². The number of alkyl halides is 3. The summed E-state index contributed by atoms with van der Waals surface area (Å²) in [4.78, 5) is 14.0. The van der Waals surface area contributed by atoms with Gasteiger partial charge in [0.25, 0.3) is 0 Å². The van der Waals surface area contributed by atoms with Gasteiger partial charge in [-0.1, -0.05) is 6.07 Å². The molecule has 0 fully saturated rings. The van der Waals surface area contributed by atoms with Gasteiger partial charge in [0.15, 0.2) is 5.82 Å². The van der Waals surface area contributed by atoms with Crippen LogP contribution in [0.4, 0.5) is 17.6 Å². The highest BCUT2D eigenvalue weighted by Gasteiger charge is 2.31. The first-order valence-corrected chi connectivity index (χ1v) is 8.43. The number of amides is 1. The van der Waals surface area contributed by atoms with Gasteiger partial charge >= 0.3 is 6.18 Å². The molecule has 1 amide bonds. The van der Waals surface area contributed by atoms with Crippen LogP contribution >= 0.6 is 0 Å². The second-order valence-electron chi connectivity index (χ2n) is 6.60. The predicted octanol–water partition coefficient (Wildman–Crippen LogP) is 2.05. The molecular weight excluding hydrogens is 366 g/mol. The quantitative estimate of drug-likeness (QED) is 0.818. The number of carbonyl (C=O) groups is 1. The number of nitrogens with two attached hydrogens (primary N) is 1. The Kier molecular flexibility index (Phi) is 5.18. The number of halogens is 4. The standard InChI is InChI=1S/C17H19F4N5O/c1-10-23-24-15-9-25(4-5-26(10)15)16(27)8-13(22)6-11-2-3-12(7-14(11)18)17(19,20)21/h2-3,7,13H,4-6,8-9,22H2,1H3/t13-/m1/s1. The number of rotatable bonds is 4. The summed E-state index contributed by atoms with van der Waals surface area (Å²) in [5.74, 6) is 0.289. The van der Waals surface area contributed by atoms with E-state index in [0.717, 1.165) is 18.0 Å². The maximum absolute atomic E-state index is 13.9. The molecule has 0 saturated heterocycles. The Morgan fingerprint density at radius 2 is 2.04 bits per heavy atom. The van der Waals surface area contributed by atoms with Gasteiger partial charge in [-0.2, -0.15) is 13.2 Å². The smallest absolute Gasteiger partial charge is 0.333 e. The van der Waals surface area contributed by atoms with Gasteiger partial charge in [0, 0.05) is 25.6 Å². The molecule has 27 heavy (non-hydrogen) atoms. The zero-order valence-corrected chi connectivity index (χ0v) is 14.6. The molecule has 0 bridgehead atoms. The predicted molar refractivity (Wildman–Crippen MR) is 87.9 cm³/mol. The van der Waals surface area contributed by atoms with E-state index in [0.29, 0.717) is 31.5 Å². The van der Waals surface area contributed by atoms with Crippen molar-refractivity contribution in [1.82, 2.24) is 19.7 Å². The Bertz CT molecular complexity index is 848. The minimum atomic E-state index is -4.61. The van der Waals surface area contributed by atoms with Crippen LogP contribution in [-0.2, 0) is 30.5 Å². The zero-order valence-electron chi connectivity index (χ0n) is 14.6. The molecule has 1 aromatic heterocycles. The third-order valence-electron chi connectivity index (χ3n) is 4.59. The van der Waals surface area contributed by atoms with Crippen molar-refractivity contribution in [1.29, 1.82) is 0 Å². The van der Waals surface area contributed by atoms with Gasteiger partial charge in [0.2, 0.25) is 5.91 Å². The van der Waals surface area contributed by atoms with E-state index >= 15 is 0 Å². The topological polar surface area (TPSA) is 77.0 Å². The van der Waals surface area contributed by atoms with E-state index in [1.807, 2.05) is 11.5 Å². The summed E-state index contributed by atoms with van der Waals surface area (Å²) in [6.07, 6.45) is -4.67. The molecule has 2 heterocycles. The fourth-order valence-corrected chi connectivity index (χ4v) is 3.11. The van der Waals surface area contributed by atoms with E-state index in [1.165, 1.54) is 0 Å². The number of hydrogen-bond acceptors (Lipinski definition) is 4. The van der Waals surface area contributed by atoms with Crippen LogP contribution in [0.1, 0.15) is 29.2 Å². The average molecular weight is 385 g/mol. The summed E-state index contributed by atoms with van der Waals surface area (Å²) in [5, 5.41) is 7.99. The first-order valence-electron chi connectivity index (χ1n) is 8.43. The molecule has 0 unspecified atom stereocenters. The molecule has 146 valence electrons. The SMILES string of the molecule is Cc1nnc2n1CCN(C(=O)C[C@H](N)Cc1ccc(C(F)(F)F)cc1F)C2. The van der Waals surface area contributed by atoms with Crippen molar-refractivity contribution in [2.75, 3.05) is 6.54 Å². The molecule has 0 radical (unpaired) electrons. The Hall–Kier alpha value is -2.49. The number of hydrogen-bond donors (Lipinski definition) is 1. The van der Waals surface area contributed by atoms with Gasteiger partial charge in [-0.05, 0) is 31.0 Å². The molecule has 6 nitrogen and oxygen atoms in total. The second kappa shape index (κ2) is 7.26. The minimum Gasteiger partial charge on any atom is -0.333 e. The number of carbonyl (C=O) groups excluding carboxylic acids is 1. The third-order valence-corrected chi connectivity index (χ3v) is 4.59. The Labute approximate surface area is 153 Å². The number of aromatic nitrogens is 3. The summed E-state index contributed by atoms with van der Waals surface area (Å²) in [6, 6.07) is 1.62. The van der Waals surface area contributed by atoms with Gasteiger partial charge in [-0.15, -0.1) is 10.2 Å². The summed E-state index contributed by atoms with van der Waals surface area (Å²) in [5.41, 5.74) is 4.93. The summed E-state index contributed by atoms with van der Waals surface area (Å²) in [6.45, 7) is 3.23. The van der Waals surface area contributed by atoms with Gasteiger partial charge in [-0.25, -0.2) is 4.39 Å². The van der Waals surface area contributed by atoms with E-state index in [4.69, 9.17) is 5.73 Å². The van der Waals surface area contributed by atoms with Crippen molar-refractivity contribution in [3.63, 3.8) is 0 Å². The molecule has 1 aliphatic heterocycles. The lowest BCUT2D eigenvalue weighted by Gasteiger charge is -2.28. The number of fused-ring (bicyclic) bond motifs is 1. The minimum absolute atomic E-state index is 0.0289. The highest BCUT2D eigenvalue weighted by Crippen LogP contribution is 2.30. The van der Waals surface area contributed by atoms with Crippen molar-refractivity contribution in [3.8, 4) is 0 Å². The Balaban J connectivity index is 1.59. The highest BCUT2D eigenvalue weighted by molar-refractivity contribution is 5.76. The molecule has 1 aromatic carbocycles. The van der Waals surface area contributed by atoms with Gasteiger partial charge < -0.3 is 15.2 Å². The lowest BCUT2D eigenvalue weighted by Crippen LogP contribution is -2.41. The number of benzene rings is 1.